The van der Waals surface area contributed by atoms with Crippen molar-refractivity contribution in [2.75, 3.05) is 12.4 Å². The van der Waals surface area contributed by atoms with Crippen LogP contribution in [-0.2, 0) is 9.53 Å². The molecule has 2 N–H and O–H groups in total. The molecule has 2 amide bonds. The predicted molar refractivity (Wildman–Crippen MR) is 99.3 cm³/mol. The zero-order chi connectivity index (χ0) is 20.1. The number of ether oxygens (including phenoxy) is 1. The zero-order valence-corrected chi connectivity index (χ0v) is 16.1. The topological polar surface area (TPSA) is 97.4 Å². The molecule has 0 spiro atoms. The van der Waals surface area contributed by atoms with Crippen LogP contribution in [-0.4, -0.2) is 35.9 Å². The summed E-state index contributed by atoms with van der Waals surface area (Å²) in [4.78, 5) is 41.0. The number of hydrogen-bond donors (Lipinski definition) is 2. The van der Waals surface area contributed by atoms with E-state index in [1.165, 1.54) is 31.4 Å². The van der Waals surface area contributed by atoms with Crippen molar-refractivity contribution in [3.05, 3.63) is 46.2 Å². The summed E-state index contributed by atoms with van der Waals surface area (Å²) in [5, 5.41) is 5.49. The predicted octanol–water partition coefficient (Wildman–Crippen LogP) is 2.77. The maximum atomic E-state index is 13.0. The van der Waals surface area contributed by atoms with E-state index in [0.29, 0.717) is 10.6 Å². The number of aromatic nitrogens is 1. The minimum atomic E-state index is -0.840. The van der Waals surface area contributed by atoms with Crippen molar-refractivity contribution in [2.45, 2.75) is 26.8 Å². The number of amides is 2. The van der Waals surface area contributed by atoms with Gasteiger partial charge in [-0.2, -0.15) is 0 Å². The highest BCUT2D eigenvalue weighted by atomic mass is 32.1. The van der Waals surface area contributed by atoms with Gasteiger partial charge < -0.3 is 15.4 Å². The maximum Gasteiger partial charge on any atom is 0.350 e. The third-order valence-electron chi connectivity index (χ3n) is 3.74. The first-order valence-electron chi connectivity index (χ1n) is 8.16. The lowest BCUT2D eigenvalue weighted by molar-refractivity contribution is -0.118. The number of hydrogen-bond acceptors (Lipinski definition) is 6. The molecular formula is C18H20FN3O4S. The summed E-state index contributed by atoms with van der Waals surface area (Å²) >= 11 is 0.995. The Labute approximate surface area is 159 Å². The number of anilines is 1. The van der Waals surface area contributed by atoms with Gasteiger partial charge in [-0.25, -0.2) is 14.2 Å². The van der Waals surface area contributed by atoms with Crippen molar-refractivity contribution in [3.63, 3.8) is 0 Å². The number of esters is 1. The van der Waals surface area contributed by atoms with Crippen LogP contribution >= 0.6 is 11.3 Å². The average molecular weight is 393 g/mol. The lowest BCUT2D eigenvalue weighted by atomic mass is 10.0. The van der Waals surface area contributed by atoms with Crippen LogP contribution in [0.2, 0.25) is 0 Å². The van der Waals surface area contributed by atoms with Crippen molar-refractivity contribution in [2.24, 2.45) is 5.92 Å². The van der Waals surface area contributed by atoms with Gasteiger partial charge >= 0.3 is 5.97 Å². The van der Waals surface area contributed by atoms with Crippen molar-refractivity contribution in [1.82, 2.24) is 10.3 Å². The van der Waals surface area contributed by atoms with E-state index in [4.69, 9.17) is 0 Å². The molecule has 2 rings (SSSR count). The fraction of sp³-hybridized carbons (Fsp3) is 0.333. The minimum Gasteiger partial charge on any atom is -0.465 e. The molecule has 0 aliphatic carbocycles. The molecule has 27 heavy (non-hydrogen) atoms. The molecule has 1 heterocycles. The Morgan fingerprint density at radius 3 is 2.37 bits per heavy atom. The molecule has 144 valence electrons. The van der Waals surface area contributed by atoms with Gasteiger partial charge in [-0.15, -0.1) is 0 Å². The van der Waals surface area contributed by atoms with E-state index in [1.807, 2.05) is 0 Å². The normalized spacial score (nSPS) is 11.8. The Hall–Kier alpha value is -2.81. The summed E-state index contributed by atoms with van der Waals surface area (Å²) in [7, 11) is 1.26. The number of nitrogens with zero attached hydrogens (tertiary/aromatic N) is 1. The monoisotopic (exact) mass is 393 g/mol. The second-order valence-electron chi connectivity index (χ2n) is 6.12. The molecule has 9 heteroatoms. The SMILES string of the molecule is COC(=O)c1sc(NC(=O)[C@@H](NC(=O)c2ccc(F)cc2)C(C)C)nc1C. The summed E-state index contributed by atoms with van der Waals surface area (Å²) in [5.41, 5.74) is 0.687. The molecule has 0 aliphatic rings. The van der Waals surface area contributed by atoms with Gasteiger partial charge in [0.1, 0.15) is 16.7 Å². The average Bonchev–Trinajstić information content (AvgIpc) is 2.99. The highest BCUT2D eigenvalue weighted by Crippen LogP contribution is 2.23. The number of carbonyl (C=O) groups is 3. The standard InChI is InChI=1S/C18H20FN3O4S/c1-9(2)13(21-15(23)11-5-7-12(19)8-6-11)16(24)22-18-20-10(3)14(27-18)17(25)26-4/h5-9,13H,1-4H3,(H,21,23)(H,20,22,24)/t13-/m0/s1. The summed E-state index contributed by atoms with van der Waals surface area (Å²) in [6.45, 7) is 5.19. The van der Waals surface area contributed by atoms with Crippen LogP contribution in [0.5, 0.6) is 0 Å². The van der Waals surface area contributed by atoms with Crippen molar-refractivity contribution in [1.29, 1.82) is 0 Å². The molecule has 2 aromatic rings. The van der Waals surface area contributed by atoms with Crippen molar-refractivity contribution < 1.29 is 23.5 Å². The van der Waals surface area contributed by atoms with Crippen LogP contribution in [0.25, 0.3) is 0 Å². The number of halogens is 1. The summed E-state index contributed by atoms with van der Waals surface area (Å²) in [5.74, 6) is -2.16. The highest BCUT2D eigenvalue weighted by molar-refractivity contribution is 7.17. The molecule has 0 aliphatic heterocycles. The molecule has 1 aromatic heterocycles. The maximum absolute atomic E-state index is 13.0. The summed E-state index contributed by atoms with van der Waals surface area (Å²) in [6.07, 6.45) is 0. The first-order valence-corrected chi connectivity index (χ1v) is 8.97. The van der Waals surface area contributed by atoms with Crippen LogP contribution < -0.4 is 10.6 Å². The Morgan fingerprint density at radius 1 is 1.19 bits per heavy atom. The van der Waals surface area contributed by atoms with E-state index in [2.05, 4.69) is 20.4 Å². The fourth-order valence-electron chi connectivity index (χ4n) is 2.28. The third kappa shape index (κ3) is 5.10. The molecule has 7 nitrogen and oxygen atoms in total. The van der Waals surface area contributed by atoms with Gasteiger partial charge in [0.2, 0.25) is 5.91 Å². The van der Waals surface area contributed by atoms with Crippen LogP contribution in [0.15, 0.2) is 24.3 Å². The van der Waals surface area contributed by atoms with Crippen molar-refractivity contribution >= 4 is 34.3 Å². The van der Waals surface area contributed by atoms with Crippen LogP contribution in [0, 0.1) is 18.7 Å². The smallest absolute Gasteiger partial charge is 0.350 e. The van der Waals surface area contributed by atoms with Crippen LogP contribution in [0.3, 0.4) is 0 Å². The molecule has 0 saturated heterocycles. The number of rotatable bonds is 6. The number of carbonyl (C=O) groups excluding carboxylic acids is 3. The fourth-order valence-corrected chi connectivity index (χ4v) is 3.16. The minimum absolute atomic E-state index is 0.212. The van der Waals surface area contributed by atoms with Gasteiger partial charge in [-0.1, -0.05) is 25.2 Å². The molecule has 0 fully saturated rings. The van der Waals surface area contributed by atoms with Gasteiger partial charge in [-0.05, 0) is 37.1 Å². The number of thiazole rings is 1. The van der Waals surface area contributed by atoms with E-state index < -0.39 is 29.6 Å². The number of aryl methyl sites for hydroxylation is 1. The first-order chi connectivity index (χ1) is 12.7. The largest absolute Gasteiger partial charge is 0.465 e. The van der Waals surface area contributed by atoms with Crippen LogP contribution in [0.1, 0.15) is 39.6 Å². The highest BCUT2D eigenvalue weighted by Gasteiger charge is 2.26. The second-order valence-corrected chi connectivity index (χ2v) is 7.12. The van der Waals surface area contributed by atoms with Gasteiger partial charge in [-0.3, -0.25) is 9.59 Å². The van der Waals surface area contributed by atoms with Gasteiger partial charge in [0.25, 0.3) is 5.91 Å². The lowest BCUT2D eigenvalue weighted by Crippen LogP contribution is -2.47. The Morgan fingerprint density at radius 2 is 1.81 bits per heavy atom. The van der Waals surface area contributed by atoms with E-state index in [1.54, 1.807) is 20.8 Å². The number of methoxy groups -OCH3 is 1. The van der Waals surface area contributed by atoms with Gasteiger partial charge in [0.15, 0.2) is 5.13 Å². The molecule has 1 atom stereocenters. The van der Waals surface area contributed by atoms with Gasteiger partial charge in [0.05, 0.1) is 12.8 Å². The molecular weight excluding hydrogens is 373 g/mol. The summed E-state index contributed by atoms with van der Waals surface area (Å²) in [6, 6.07) is 4.19. The molecule has 0 unspecified atom stereocenters. The molecule has 0 radical (unpaired) electrons. The van der Waals surface area contributed by atoms with E-state index >= 15 is 0 Å². The number of benzene rings is 1. The van der Waals surface area contributed by atoms with Crippen molar-refractivity contribution in [3.8, 4) is 0 Å². The lowest BCUT2D eigenvalue weighted by Gasteiger charge is -2.21. The Kier molecular flexibility index (Phi) is 6.62. The Bertz CT molecular complexity index is 849. The quantitative estimate of drug-likeness (QED) is 0.736. The van der Waals surface area contributed by atoms with E-state index in [0.717, 1.165) is 11.3 Å². The summed E-state index contributed by atoms with van der Waals surface area (Å²) < 4.78 is 17.7. The van der Waals surface area contributed by atoms with Gasteiger partial charge in [0, 0.05) is 5.56 Å². The molecule has 1 aromatic carbocycles. The van der Waals surface area contributed by atoms with E-state index in [9.17, 15) is 18.8 Å². The van der Waals surface area contributed by atoms with E-state index in [-0.39, 0.29) is 16.6 Å². The molecule has 0 bridgehead atoms. The molecule has 0 saturated carbocycles. The first kappa shape index (κ1) is 20.5. The second kappa shape index (κ2) is 8.72. The van der Waals surface area contributed by atoms with Crippen LogP contribution in [0.4, 0.5) is 9.52 Å². The Balaban J connectivity index is 2.12. The zero-order valence-electron chi connectivity index (χ0n) is 15.3. The number of nitrogens with one attached hydrogen (secondary N) is 2. The third-order valence-corrected chi connectivity index (χ3v) is 4.79.